The van der Waals surface area contributed by atoms with Crippen molar-refractivity contribution in [3.63, 3.8) is 0 Å². The molecular formula is C20H27FN2O. The molecule has 0 spiro atoms. The summed E-state index contributed by atoms with van der Waals surface area (Å²) in [7, 11) is 0. The maximum atomic E-state index is 13.3. The molecule has 3 nitrogen and oxygen atoms in total. The number of nitrogens with one attached hydrogen (secondary N) is 1. The summed E-state index contributed by atoms with van der Waals surface area (Å²) >= 11 is 0. The molecule has 0 bridgehead atoms. The largest absolute Gasteiger partial charge is 0.342 e. The van der Waals surface area contributed by atoms with Crippen LogP contribution >= 0.6 is 0 Å². The molecule has 3 fully saturated rings. The van der Waals surface area contributed by atoms with Crippen LogP contribution in [0.3, 0.4) is 0 Å². The van der Waals surface area contributed by atoms with Gasteiger partial charge in [-0.3, -0.25) is 4.79 Å². The minimum Gasteiger partial charge on any atom is -0.342 e. The van der Waals surface area contributed by atoms with Crippen molar-refractivity contribution in [2.45, 2.75) is 50.5 Å². The lowest BCUT2D eigenvalue weighted by atomic mass is 9.88. The van der Waals surface area contributed by atoms with Crippen LogP contribution in [0.5, 0.6) is 0 Å². The Hall–Kier alpha value is -1.42. The van der Waals surface area contributed by atoms with Crippen LogP contribution in [0, 0.1) is 17.7 Å². The molecule has 2 saturated carbocycles. The Balaban J connectivity index is 1.49. The zero-order valence-corrected chi connectivity index (χ0v) is 14.2. The molecule has 4 heteroatoms. The molecule has 3 aliphatic rings. The second-order valence-corrected chi connectivity index (χ2v) is 7.82. The zero-order chi connectivity index (χ0) is 16.5. The molecule has 0 aromatic heterocycles. The first-order valence-electron chi connectivity index (χ1n) is 9.48. The van der Waals surface area contributed by atoms with E-state index in [0.29, 0.717) is 11.9 Å². The molecule has 1 aromatic carbocycles. The quantitative estimate of drug-likeness (QED) is 0.898. The third kappa shape index (κ3) is 3.49. The van der Waals surface area contributed by atoms with Crippen molar-refractivity contribution in [1.29, 1.82) is 0 Å². The predicted molar refractivity (Wildman–Crippen MR) is 92.2 cm³/mol. The Morgan fingerprint density at radius 3 is 2.50 bits per heavy atom. The van der Waals surface area contributed by atoms with Gasteiger partial charge >= 0.3 is 0 Å². The van der Waals surface area contributed by atoms with Gasteiger partial charge in [-0.05, 0) is 74.6 Å². The van der Waals surface area contributed by atoms with Crippen LogP contribution in [0.15, 0.2) is 24.3 Å². The normalized spacial score (nSPS) is 30.0. The lowest BCUT2D eigenvalue weighted by molar-refractivity contribution is -0.134. The number of carbonyl (C=O) groups is 1. The summed E-state index contributed by atoms with van der Waals surface area (Å²) in [5, 5.41) is 3.69. The summed E-state index contributed by atoms with van der Waals surface area (Å²) in [5.74, 6) is 1.23. The first-order valence-corrected chi connectivity index (χ1v) is 9.48. The highest BCUT2D eigenvalue weighted by atomic mass is 19.1. The molecule has 1 N–H and O–H groups in total. The average molecular weight is 330 g/mol. The van der Waals surface area contributed by atoms with Crippen molar-refractivity contribution in [1.82, 2.24) is 10.2 Å². The maximum Gasteiger partial charge on any atom is 0.226 e. The molecule has 24 heavy (non-hydrogen) atoms. The molecular weight excluding hydrogens is 303 g/mol. The van der Waals surface area contributed by atoms with E-state index in [1.54, 1.807) is 0 Å². The number of benzene rings is 1. The Morgan fingerprint density at radius 1 is 1.12 bits per heavy atom. The minimum absolute atomic E-state index is 0.0465. The van der Waals surface area contributed by atoms with Crippen molar-refractivity contribution in [2.75, 3.05) is 19.6 Å². The van der Waals surface area contributed by atoms with Gasteiger partial charge < -0.3 is 10.2 Å². The second-order valence-electron chi connectivity index (χ2n) is 7.82. The van der Waals surface area contributed by atoms with E-state index in [1.165, 1.54) is 25.0 Å². The van der Waals surface area contributed by atoms with E-state index in [0.717, 1.165) is 56.8 Å². The van der Waals surface area contributed by atoms with Crippen molar-refractivity contribution in [3.8, 4) is 0 Å². The van der Waals surface area contributed by atoms with Gasteiger partial charge in [0.2, 0.25) is 5.91 Å². The lowest BCUT2D eigenvalue weighted by Gasteiger charge is -2.24. The fraction of sp³-hybridized carbons (Fsp3) is 0.650. The topological polar surface area (TPSA) is 32.3 Å². The monoisotopic (exact) mass is 330 g/mol. The SMILES string of the molecule is O=C([C@H]1C[C@@H](NCC2CC2)C[C@@H]1c1ccc(F)cc1)N1CCCC1. The van der Waals surface area contributed by atoms with Gasteiger partial charge in [0.05, 0.1) is 0 Å². The number of carbonyl (C=O) groups excluding carboxylic acids is 1. The van der Waals surface area contributed by atoms with Gasteiger partial charge in [0.25, 0.3) is 0 Å². The van der Waals surface area contributed by atoms with Crippen LogP contribution in [0.1, 0.15) is 50.0 Å². The Labute approximate surface area is 143 Å². The number of halogens is 1. The smallest absolute Gasteiger partial charge is 0.226 e. The van der Waals surface area contributed by atoms with E-state index < -0.39 is 0 Å². The first kappa shape index (κ1) is 16.1. The summed E-state index contributed by atoms with van der Waals surface area (Å²) in [6, 6.07) is 7.20. The van der Waals surface area contributed by atoms with E-state index >= 15 is 0 Å². The number of amides is 1. The number of likely N-dealkylation sites (tertiary alicyclic amines) is 1. The summed E-state index contributed by atoms with van der Waals surface area (Å²) in [4.78, 5) is 15.1. The number of rotatable bonds is 5. The third-order valence-electron chi connectivity index (χ3n) is 5.99. The van der Waals surface area contributed by atoms with Crippen molar-refractivity contribution < 1.29 is 9.18 Å². The third-order valence-corrected chi connectivity index (χ3v) is 5.99. The van der Waals surface area contributed by atoms with Crippen LogP contribution in [0.25, 0.3) is 0 Å². The van der Waals surface area contributed by atoms with Gasteiger partial charge in [0, 0.05) is 25.0 Å². The lowest BCUT2D eigenvalue weighted by Crippen LogP contribution is -2.35. The Morgan fingerprint density at radius 2 is 1.83 bits per heavy atom. The highest BCUT2D eigenvalue weighted by Crippen LogP contribution is 2.42. The van der Waals surface area contributed by atoms with E-state index in [2.05, 4.69) is 5.32 Å². The molecule has 1 heterocycles. The van der Waals surface area contributed by atoms with E-state index in [9.17, 15) is 9.18 Å². The van der Waals surface area contributed by atoms with Crippen LogP contribution < -0.4 is 5.32 Å². The van der Waals surface area contributed by atoms with Crippen LogP contribution in [0.2, 0.25) is 0 Å². The first-order chi connectivity index (χ1) is 11.7. The van der Waals surface area contributed by atoms with Crippen molar-refractivity contribution >= 4 is 5.91 Å². The van der Waals surface area contributed by atoms with Crippen LogP contribution in [-0.2, 0) is 4.79 Å². The maximum absolute atomic E-state index is 13.3. The molecule has 1 aliphatic heterocycles. The highest BCUT2D eigenvalue weighted by molar-refractivity contribution is 5.80. The molecule has 1 amide bonds. The second kappa shape index (κ2) is 6.83. The number of hydrogen-bond acceptors (Lipinski definition) is 2. The van der Waals surface area contributed by atoms with Crippen molar-refractivity contribution in [2.24, 2.45) is 11.8 Å². The fourth-order valence-electron chi connectivity index (χ4n) is 4.38. The standard InChI is InChI=1S/C20H27FN2O/c21-16-7-5-15(6-8-16)18-11-17(22-13-14-3-4-14)12-19(18)20(24)23-9-1-2-10-23/h5-8,14,17-19,22H,1-4,9-13H2/t17-,18+,19-/m0/s1. The van der Waals surface area contributed by atoms with E-state index in [1.807, 2.05) is 17.0 Å². The van der Waals surface area contributed by atoms with E-state index in [-0.39, 0.29) is 17.7 Å². The molecule has 4 rings (SSSR count). The zero-order valence-electron chi connectivity index (χ0n) is 14.2. The summed E-state index contributed by atoms with van der Waals surface area (Å²) in [5.41, 5.74) is 1.12. The summed E-state index contributed by atoms with van der Waals surface area (Å²) in [6.45, 7) is 2.91. The van der Waals surface area contributed by atoms with Gasteiger partial charge in [0.15, 0.2) is 0 Å². The van der Waals surface area contributed by atoms with Gasteiger partial charge in [-0.1, -0.05) is 12.1 Å². The molecule has 130 valence electrons. The van der Waals surface area contributed by atoms with Gasteiger partial charge in [0.1, 0.15) is 5.82 Å². The highest BCUT2D eigenvalue weighted by Gasteiger charge is 2.41. The Kier molecular flexibility index (Phi) is 4.57. The molecule has 2 aliphatic carbocycles. The predicted octanol–water partition coefficient (Wildman–Crippen LogP) is 3.31. The van der Waals surface area contributed by atoms with E-state index in [4.69, 9.17) is 0 Å². The molecule has 0 unspecified atom stereocenters. The fourth-order valence-corrected chi connectivity index (χ4v) is 4.38. The molecule has 1 saturated heterocycles. The molecule has 0 radical (unpaired) electrons. The minimum atomic E-state index is -0.206. The number of hydrogen-bond donors (Lipinski definition) is 1. The van der Waals surface area contributed by atoms with Gasteiger partial charge in [-0.2, -0.15) is 0 Å². The van der Waals surface area contributed by atoms with Crippen molar-refractivity contribution in [3.05, 3.63) is 35.6 Å². The Bertz CT molecular complexity index is 578. The van der Waals surface area contributed by atoms with Crippen LogP contribution in [-0.4, -0.2) is 36.5 Å². The molecule has 3 atom stereocenters. The summed E-state index contributed by atoms with van der Waals surface area (Å²) < 4.78 is 13.3. The van der Waals surface area contributed by atoms with Crippen LogP contribution in [0.4, 0.5) is 4.39 Å². The number of nitrogens with zero attached hydrogens (tertiary/aromatic N) is 1. The van der Waals surface area contributed by atoms with Gasteiger partial charge in [-0.25, -0.2) is 4.39 Å². The molecule has 1 aromatic rings. The average Bonchev–Trinajstić information content (AvgIpc) is 3.10. The van der Waals surface area contributed by atoms with Gasteiger partial charge in [-0.15, -0.1) is 0 Å². The summed E-state index contributed by atoms with van der Waals surface area (Å²) in [6.07, 6.45) is 6.85.